The van der Waals surface area contributed by atoms with Gasteiger partial charge >= 0.3 is 5.97 Å². The lowest BCUT2D eigenvalue weighted by molar-refractivity contribution is -0.287. The van der Waals surface area contributed by atoms with Gasteiger partial charge in [0.2, 0.25) is 0 Å². The van der Waals surface area contributed by atoms with Gasteiger partial charge in [0.1, 0.15) is 6.61 Å². The molecule has 4 nitrogen and oxygen atoms in total. The molecule has 0 aromatic rings. The monoisotopic (exact) mass is 276 g/mol. The van der Waals surface area contributed by atoms with Crippen LogP contribution in [0.3, 0.4) is 0 Å². The van der Waals surface area contributed by atoms with Crippen molar-refractivity contribution in [3.05, 3.63) is 0 Å². The Kier molecular flexibility index (Phi) is 4.73. The highest BCUT2D eigenvalue weighted by atomic mass is 32.1. The van der Waals surface area contributed by atoms with Crippen LogP contribution in [-0.4, -0.2) is 36.3 Å². The van der Waals surface area contributed by atoms with Crippen LogP contribution >= 0.6 is 12.6 Å². The number of esters is 1. The minimum atomic E-state index is -0.545. The van der Waals surface area contributed by atoms with Crippen molar-refractivity contribution in [1.29, 1.82) is 0 Å². The number of hydrogen-bond acceptors (Lipinski definition) is 5. The van der Waals surface area contributed by atoms with Crippen molar-refractivity contribution in [2.75, 3.05) is 19.8 Å². The standard InChI is InChI=1S/C13H24O4S/c1-11(2,18)6-10(14)15-7-13(5)8-16-12(3,4)17-9-13/h18H,6-9H2,1-5H3. The van der Waals surface area contributed by atoms with Crippen LogP contribution in [0.15, 0.2) is 0 Å². The Labute approximate surface area is 115 Å². The fraction of sp³-hybridized carbons (Fsp3) is 0.923. The number of thiol groups is 1. The molecule has 0 amide bonds. The summed E-state index contributed by atoms with van der Waals surface area (Å²) < 4.78 is 16.1. The van der Waals surface area contributed by atoms with Crippen molar-refractivity contribution >= 4 is 18.6 Å². The molecular weight excluding hydrogens is 252 g/mol. The van der Waals surface area contributed by atoms with E-state index < -0.39 is 5.79 Å². The van der Waals surface area contributed by atoms with Gasteiger partial charge in [-0.2, -0.15) is 12.6 Å². The molecule has 0 aromatic heterocycles. The Balaban J connectivity index is 2.37. The summed E-state index contributed by atoms with van der Waals surface area (Å²) in [5.74, 6) is -0.780. The van der Waals surface area contributed by atoms with E-state index in [-0.39, 0.29) is 16.1 Å². The fourth-order valence-electron chi connectivity index (χ4n) is 1.52. The maximum absolute atomic E-state index is 11.6. The first-order valence-corrected chi connectivity index (χ1v) is 6.62. The summed E-state index contributed by atoms with van der Waals surface area (Å²) in [4.78, 5) is 11.6. The molecule has 0 radical (unpaired) electrons. The molecule has 1 aliphatic rings. The number of rotatable bonds is 4. The number of carbonyl (C=O) groups excluding carboxylic acids is 1. The highest BCUT2D eigenvalue weighted by Gasteiger charge is 2.37. The van der Waals surface area contributed by atoms with E-state index in [1.165, 1.54) is 0 Å². The van der Waals surface area contributed by atoms with E-state index in [0.29, 0.717) is 26.2 Å². The third kappa shape index (κ3) is 5.59. The third-order valence-corrected chi connectivity index (χ3v) is 2.85. The molecule has 1 saturated heterocycles. The van der Waals surface area contributed by atoms with Crippen molar-refractivity contribution < 1.29 is 19.0 Å². The number of ether oxygens (including phenoxy) is 3. The molecule has 1 aliphatic heterocycles. The minimum absolute atomic E-state index is 0.235. The Hall–Kier alpha value is -0.260. The summed E-state index contributed by atoms with van der Waals surface area (Å²) in [6, 6.07) is 0. The van der Waals surface area contributed by atoms with Gasteiger partial charge in [-0.3, -0.25) is 4.79 Å². The summed E-state index contributed by atoms with van der Waals surface area (Å²) in [6.07, 6.45) is 0.291. The fourth-order valence-corrected chi connectivity index (χ4v) is 1.65. The predicted molar refractivity (Wildman–Crippen MR) is 72.7 cm³/mol. The molecule has 5 heteroatoms. The zero-order chi connectivity index (χ0) is 14.0. The maximum Gasteiger partial charge on any atom is 0.307 e. The predicted octanol–water partition coefficient (Wildman–Crippen LogP) is 2.42. The first-order chi connectivity index (χ1) is 8.02. The molecule has 1 rings (SSSR count). The summed E-state index contributed by atoms with van der Waals surface area (Å²) >= 11 is 4.31. The smallest absolute Gasteiger partial charge is 0.307 e. The zero-order valence-corrected chi connectivity index (χ0v) is 12.8. The molecule has 0 N–H and O–H groups in total. The Morgan fingerprint density at radius 1 is 1.28 bits per heavy atom. The van der Waals surface area contributed by atoms with E-state index in [2.05, 4.69) is 12.6 Å². The van der Waals surface area contributed by atoms with Crippen LogP contribution in [0.2, 0.25) is 0 Å². The lowest BCUT2D eigenvalue weighted by atomic mass is 9.93. The molecule has 1 fully saturated rings. The van der Waals surface area contributed by atoms with Crippen LogP contribution in [0.5, 0.6) is 0 Å². The van der Waals surface area contributed by atoms with Crippen LogP contribution < -0.4 is 0 Å². The summed E-state index contributed by atoms with van der Waals surface area (Å²) in [5, 5.41) is 0. The van der Waals surface area contributed by atoms with Crippen LogP contribution in [-0.2, 0) is 19.0 Å². The first kappa shape index (κ1) is 15.8. The largest absolute Gasteiger partial charge is 0.465 e. The van der Waals surface area contributed by atoms with Gasteiger partial charge < -0.3 is 14.2 Å². The van der Waals surface area contributed by atoms with Crippen molar-refractivity contribution in [3.63, 3.8) is 0 Å². The van der Waals surface area contributed by atoms with E-state index in [0.717, 1.165) is 0 Å². The first-order valence-electron chi connectivity index (χ1n) is 6.17. The maximum atomic E-state index is 11.6. The molecule has 18 heavy (non-hydrogen) atoms. The van der Waals surface area contributed by atoms with Crippen LogP contribution in [0, 0.1) is 5.41 Å². The highest BCUT2D eigenvalue weighted by Crippen LogP contribution is 2.30. The average molecular weight is 276 g/mol. The average Bonchev–Trinajstić information content (AvgIpc) is 2.18. The second kappa shape index (κ2) is 5.39. The normalized spacial score (nSPS) is 22.6. The molecular formula is C13H24O4S. The van der Waals surface area contributed by atoms with E-state index in [1.807, 2.05) is 34.6 Å². The third-order valence-electron chi connectivity index (χ3n) is 2.70. The second-order valence-electron chi connectivity index (χ2n) is 6.44. The molecule has 1 heterocycles. The summed E-state index contributed by atoms with van der Waals surface area (Å²) in [5.41, 5.74) is -0.272. The van der Waals surface area contributed by atoms with Gasteiger partial charge in [0.05, 0.1) is 19.6 Å². The molecule has 0 atom stereocenters. The lowest BCUT2D eigenvalue weighted by Crippen LogP contribution is -2.47. The van der Waals surface area contributed by atoms with Crippen molar-refractivity contribution in [2.45, 2.75) is 51.6 Å². The molecule has 106 valence electrons. The van der Waals surface area contributed by atoms with Gasteiger partial charge in [-0.05, 0) is 13.8 Å². The molecule has 0 bridgehead atoms. The van der Waals surface area contributed by atoms with E-state index >= 15 is 0 Å². The van der Waals surface area contributed by atoms with Gasteiger partial charge in [0.25, 0.3) is 0 Å². The van der Waals surface area contributed by atoms with E-state index in [9.17, 15) is 4.79 Å². The topological polar surface area (TPSA) is 44.8 Å². The van der Waals surface area contributed by atoms with Gasteiger partial charge in [-0.15, -0.1) is 0 Å². The van der Waals surface area contributed by atoms with Gasteiger partial charge in [0.15, 0.2) is 5.79 Å². The number of hydrogen-bond donors (Lipinski definition) is 1. The molecule has 0 aromatic carbocycles. The van der Waals surface area contributed by atoms with Crippen molar-refractivity contribution in [1.82, 2.24) is 0 Å². The van der Waals surface area contributed by atoms with Gasteiger partial charge in [0, 0.05) is 10.2 Å². The van der Waals surface area contributed by atoms with Crippen LogP contribution in [0.1, 0.15) is 41.0 Å². The Morgan fingerprint density at radius 2 is 1.78 bits per heavy atom. The van der Waals surface area contributed by atoms with Crippen LogP contribution in [0.4, 0.5) is 0 Å². The van der Waals surface area contributed by atoms with E-state index in [4.69, 9.17) is 14.2 Å². The molecule has 0 unspecified atom stereocenters. The lowest BCUT2D eigenvalue weighted by Gasteiger charge is -2.40. The quantitative estimate of drug-likeness (QED) is 0.632. The second-order valence-corrected chi connectivity index (χ2v) is 7.65. The minimum Gasteiger partial charge on any atom is -0.465 e. The highest BCUT2D eigenvalue weighted by molar-refractivity contribution is 7.81. The summed E-state index contributed by atoms with van der Waals surface area (Å²) in [7, 11) is 0. The van der Waals surface area contributed by atoms with Crippen molar-refractivity contribution in [3.8, 4) is 0 Å². The molecule has 0 aliphatic carbocycles. The van der Waals surface area contributed by atoms with Gasteiger partial charge in [-0.1, -0.05) is 20.8 Å². The Morgan fingerprint density at radius 3 is 2.22 bits per heavy atom. The zero-order valence-electron chi connectivity index (χ0n) is 11.9. The van der Waals surface area contributed by atoms with Gasteiger partial charge in [-0.25, -0.2) is 0 Å². The molecule has 0 spiro atoms. The Bertz CT molecular complexity index is 297. The summed E-state index contributed by atoms with van der Waals surface area (Å²) in [6.45, 7) is 10.9. The van der Waals surface area contributed by atoms with E-state index in [1.54, 1.807) is 0 Å². The SMILES string of the molecule is CC(C)(S)CC(=O)OCC1(C)COC(C)(C)OC1. The van der Waals surface area contributed by atoms with Crippen LogP contribution in [0.25, 0.3) is 0 Å². The molecule has 0 saturated carbocycles. The number of carbonyl (C=O) groups is 1. The van der Waals surface area contributed by atoms with Crippen molar-refractivity contribution in [2.24, 2.45) is 5.41 Å².